The van der Waals surface area contributed by atoms with Gasteiger partial charge < -0.3 is 9.72 Å². The Morgan fingerprint density at radius 3 is 2.94 bits per heavy atom. The van der Waals surface area contributed by atoms with Gasteiger partial charge in [-0.05, 0) is 18.2 Å². The number of aromatic amines is 1. The summed E-state index contributed by atoms with van der Waals surface area (Å²) in [5, 5.41) is 0. The van der Waals surface area contributed by atoms with Crippen LogP contribution in [0, 0.1) is 5.82 Å². The van der Waals surface area contributed by atoms with E-state index >= 15 is 0 Å². The number of hydrogen-bond acceptors (Lipinski definition) is 3. The lowest BCUT2D eigenvalue weighted by molar-refractivity contribution is 0.423. The summed E-state index contributed by atoms with van der Waals surface area (Å²) in [5.74, 6) is 0.0726. The quantitative estimate of drug-likeness (QED) is 0.947. The van der Waals surface area contributed by atoms with Crippen LogP contribution in [-0.2, 0) is 6.42 Å². The maximum Gasteiger partial charge on any atom is 0.254 e. The standard InChI is InChI=1S/C12H10BrFN2O2/c1-2-10-15-11(17)6-12(16-10)18-9-5-7(13)3-4-8(9)14/h3-6H,2H2,1H3,(H,15,16,17). The predicted octanol–water partition coefficient (Wildman–Crippen LogP) is 3.03. The Balaban J connectivity index is 2.36. The normalized spacial score (nSPS) is 10.4. The van der Waals surface area contributed by atoms with Gasteiger partial charge in [0, 0.05) is 10.9 Å². The average Bonchev–Trinajstić information content (AvgIpc) is 2.33. The second-order valence-electron chi connectivity index (χ2n) is 3.56. The van der Waals surface area contributed by atoms with Gasteiger partial charge >= 0.3 is 0 Å². The lowest BCUT2D eigenvalue weighted by Crippen LogP contribution is -2.10. The lowest BCUT2D eigenvalue weighted by Gasteiger charge is -2.06. The van der Waals surface area contributed by atoms with Crippen LogP contribution in [0.2, 0.25) is 0 Å². The Hall–Kier alpha value is -1.69. The molecule has 0 saturated heterocycles. The van der Waals surface area contributed by atoms with E-state index in [1.807, 2.05) is 6.92 Å². The smallest absolute Gasteiger partial charge is 0.254 e. The van der Waals surface area contributed by atoms with E-state index in [0.29, 0.717) is 16.7 Å². The summed E-state index contributed by atoms with van der Waals surface area (Å²) in [5.41, 5.74) is -0.327. The third-order valence-corrected chi connectivity index (χ3v) is 2.70. The van der Waals surface area contributed by atoms with Crippen molar-refractivity contribution in [1.82, 2.24) is 9.97 Å². The van der Waals surface area contributed by atoms with Crippen LogP contribution in [0.5, 0.6) is 11.6 Å². The van der Waals surface area contributed by atoms with E-state index in [1.54, 1.807) is 6.07 Å². The minimum absolute atomic E-state index is 0.0181. The van der Waals surface area contributed by atoms with E-state index in [-0.39, 0.29) is 17.2 Å². The SMILES string of the molecule is CCc1nc(Oc2cc(Br)ccc2F)cc(=O)[nH]1. The lowest BCUT2D eigenvalue weighted by atomic mass is 10.3. The number of nitrogens with zero attached hydrogens (tertiary/aromatic N) is 1. The fourth-order valence-corrected chi connectivity index (χ4v) is 1.71. The van der Waals surface area contributed by atoms with Crippen LogP contribution >= 0.6 is 15.9 Å². The molecule has 2 aromatic rings. The first kappa shape index (κ1) is 12.8. The van der Waals surface area contributed by atoms with Crippen LogP contribution in [0.4, 0.5) is 4.39 Å². The second kappa shape index (κ2) is 5.30. The third kappa shape index (κ3) is 2.95. The van der Waals surface area contributed by atoms with E-state index in [1.165, 1.54) is 18.2 Å². The summed E-state index contributed by atoms with van der Waals surface area (Å²) in [6.07, 6.45) is 0.563. The van der Waals surface area contributed by atoms with E-state index in [9.17, 15) is 9.18 Å². The van der Waals surface area contributed by atoms with Gasteiger partial charge in [-0.2, -0.15) is 4.98 Å². The highest BCUT2D eigenvalue weighted by molar-refractivity contribution is 9.10. The Morgan fingerprint density at radius 1 is 1.44 bits per heavy atom. The first-order chi connectivity index (χ1) is 8.58. The molecule has 2 rings (SSSR count). The predicted molar refractivity (Wildman–Crippen MR) is 68.4 cm³/mol. The molecule has 0 aliphatic rings. The van der Waals surface area contributed by atoms with Crippen molar-refractivity contribution < 1.29 is 9.13 Å². The van der Waals surface area contributed by atoms with Crippen LogP contribution < -0.4 is 10.3 Å². The maximum absolute atomic E-state index is 13.5. The Morgan fingerprint density at radius 2 is 2.22 bits per heavy atom. The van der Waals surface area contributed by atoms with Crippen molar-refractivity contribution in [2.45, 2.75) is 13.3 Å². The van der Waals surface area contributed by atoms with Crippen LogP contribution in [0.1, 0.15) is 12.7 Å². The van der Waals surface area contributed by atoms with Crippen LogP contribution in [0.25, 0.3) is 0 Å². The Bertz CT molecular complexity index is 628. The molecular weight excluding hydrogens is 303 g/mol. The zero-order chi connectivity index (χ0) is 13.1. The van der Waals surface area contributed by atoms with Crippen LogP contribution in [-0.4, -0.2) is 9.97 Å². The van der Waals surface area contributed by atoms with Gasteiger partial charge in [-0.3, -0.25) is 4.79 Å². The average molecular weight is 313 g/mol. The maximum atomic E-state index is 13.5. The summed E-state index contributed by atoms with van der Waals surface area (Å²) in [7, 11) is 0. The van der Waals surface area contributed by atoms with Crippen molar-refractivity contribution in [3.8, 4) is 11.6 Å². The number of halogens is 2. The summed E-state index contributed by atoms with van der Waals surface area (Å²) in [6, 6.07) is 5.49. The van der Waals surface area contributed by atoms with Gasteiger partial charge in [0.1, 0.15) is 5.82 Å². The van der Waals surface area contributed by atoms with Crippen LogP contribution in [0.15, 0.2) is 33.5 Å². The number of ether oxygens (including phenoxy) is 1. The zero-order valence-corrected chi connectivity index (χ0v) is 11.1. The number of rotatable bonds is 3. The summed E-state index contributed by atoms with van der Waals surface area (Å²) >= 11 is 3.22. The number of aryl methyl sites for hydroxylation is 1. The largest absolute Gasteiger partial charge is 0.436 e. The molecule has 6 heteroatoms. The van der Waals surface area contributed by atoms with Gasteiger partial charge in [0.05, 0.1) is 6.07 Å². The van der Waals surface area contributed by atoms with Gasteiger partial charge in [-0.1, -0.05) is 22.9 Å². The highest BCUT2D eigenvalue weighted by Gasteiger charge is 2.08. The second-order valence-corrected chi connectivity index (χ2v) is 4.48. The van der Waals surface area contributed by atoms with Gasteiger partial charge in [0.25, 0.3) is 5.56 Å². The minimum Gasteiger partial charge on any atom is -0.436 e. The molecule has 0 aliphatic carbocycles. The number of nitrogens with one attached hydrogen (secondary N) is 1. The molecule has 1 N–H and O–H groups in total. The molecule has 0 atom stereocenters. The van der Waals surface area contributed by atoms with Gasteiger partial charge in [0.2, 0.25) is 5.88 Å². The highest BCUT2D eigenvalue weighted by atomic mass is 79.9. The van der Waals surface area contributed by atoms with Crippen molar-refractivity contribution in [1.29, 1.82) is 0 Å². The summed E-state index contributed by atoms with van der Waals surface area (Å²) < 4.78 is 19.4. The van der Waals surface area contributed by atoms with E-state index in [2.05, 4.69) is 25.9 Å². The molecule has 0 aliphatic heterocycles. The monoisotopic (exact) mass is 312 g/mol. The summed E-state index contributed by atoms with van der Waals surface area (Å²) in [6.45, 7) is 1.85. The molecule has 1 aromatic heterocycles. The molecule has 0 fully saturated rings. The Kier molecular flexibility index (Phi) is 3.76. The molecule has 0 saturated carbocycles. The van der Waals surface area contributed by atoms with Gasteiger partial charge in [-0.15, -0.1) is 0 Å². The molecule has 1 heterocycles. The number of benzene rings is 1. The van der Waals surface area contributed by atoms with Crippen molar-refractivity contribution in [3.05, 3.63) is 50.7 Å². The zero-order valence-electron chi connectivity index (χ0n) is 9.54. The van der Waals surface area contributed by atoms with Crippen molar-refractivity contribution in [2.24, 2.45) is 0 Å². The Labute approximate surface area is 111 Å². The van der Waals surface area contributed by atoms with Crippen molar-refractivity contribution in [3.63, 3.8) is 0 Å². The number of aromatic nitrogens is 2. The molecule has 0 bridgehead atoms. The van der Waals surface area contributed by atoms with E-state index in [0.717, 1.165) is 0 Å². The number of H-pyrrole nitrogens is 1. The molecule has 1 aromatic carbocycles. The first-order valence-corrected chi connectivity index (χ1v) is 6.11. The van der Waals surface area contributed by atoms with Gasteiger partial charge in [-0.25, -0.2) is 4.39 Å². The van der Waals surface area contributed by atoms with Crippen molar-refractivity contribution in [2.75, 3.05) is 0 Å². The molecule has 18 heavy (non-hydrogen) atoms. The third-order valence-electron chi connectivity index (χ3n) is 2.21. The minimum atomic E-state index is -0.515. The topological polar surface area (TPSA) is 55.0 Å². The molecule has 0 unspecified atom stereocenters. The highest BCUT2D eigenvalue weighted by Crippen LogP contribution is 2.25. The molecular formula is C12H10BrFN2O2. The van der Waals surface area contributed by atoms with Gasteiger partial charge in [0.15, 0.2) is 11.6 Å². The first-order valence-electron chi connectivity index (χ1n) is 5.31. The number of hydrogen-bond donors (Lipinski definition) is 1. The molecule has 0 radical (unpaired) electrons. The molecule has 4 nitrogen and oxygen atoms in total. The fraction of sp³-hybridized carbons (Fsp3) is 0.167. The summed E-state index contributed by atoms with van der Waals surface area (Å²) in [4.78, 5) is 18.0. The molecule has 94 valence electrons. The molecule has 0 spiro atoms. The molecule has 0 amide bonds. The van der Waals surface area contributed by atoms with Crippen LogP contribution in [0.3, 0.4) is 0 Å². The van der Waals surface area contributed by atoms with E-state index in [4.69, 9.17) is 4.74 Å². The fourth-order valence-electron chi connectivity index (χ4n) is 1.37. The van der Waals surface area contributed by atoms with E-state index < -0.39 is 5.82 Å². The van der Waals surface area contributed by atoms with Crippen molar-refractivity contribution >= 4 is 15.9 Å².